The molecule has 0 saturated carbocycles. The van der Waals surface area contributed by atoms with Crippen molar-refractivity contribution in [3.8, 4) is 0 Å². The molecule has 24 nitrogen and oxygen atoms in total. The average Bonchev–Trinajstić information content (AvgIpc) is 0.803. The van der Waals surface area contributed by atoms with Gasteiger partial charge in [-0.25, -0.2) is 0 Å². The molecule has 560 valence electrons. The molecule has 9 amide bonds. The predicted molar refractivity (Wildman–Crippen MR) is 380 cm³/mol. The highest BCUT2D eigenvalue weighted by Gasteiger charge is 2.47. The molecule has 0 spiro atoms. The minimum absolute atomic E-state index is 0.0158. The lowest BCUT2D eigenvalue weighted by molar-refractivity contribution is -0.157. The SMILES string of the molecule is C/C=C/C[C@@H](C)[C@@H](O)[C@H]1C(=O)N[C@@H](CC)C(=O)N(C)[C@H](C)C(=O)N(C)[C@@H]([C@H](C)COCC(=O)N2CCN(C(C)C)CC2)C(=O)C[C@@H](C(C)C)C(=O)N(C)[C@@H](CC(C)C)C(=O)C[C@@H](C)C(=O)C[C@H](C)C(=O)N(C)[C@@H](CC(C)C)C(=O)N(C)[C@@H](CC(C)C)C(=O)N(C)[C@@H](C(C)C)C(=O)N1C. The largest absolute Gasteiger partial charge is 0.390 e. The summed E-state index contributed by atoms with van der Waals surface area (Å²) in [5.74, 6) is -12.5. The van der Waals surface area contributed by atoms with Crippen molar-refractivity contribution in [2.24, 2.45) is 59.2 Å². The molecule has 24 heteroatoms. The molecule has 2 heterocycles. The van der Waals surface area contributed by atoms with Crippen LogP contribution in [0, 0.1) is 59.2 Å². The Labute approximate surface area is 588 Å². The molecule has 0 bridgehead atoms. The molecule has 2 aliphatic heterocycles. The van der Waals surface area contributed by atoms with Gasteiger partial charge < -0.3 is 54.4 Å². The molecule has 2 aliphatic rings. The Morgan fingerprint density at radius 1 is 0.520 bits per heavy atom. The normalized spacial score (nSPS) is 27.4. The number of carbonyl (C=O) groups excluding carboxylic acids is 12. The molecular formula is C74H130N10O14. The van der Waals surface area contributed by atoms with Gasteiger partial charge in [-0.1, -0.05) is 116 Å². The topological polar surface area (TPSA) is 275 Å². The van der Waals surface area contributed by atoms with Gasteiger partial charge in [0.15, 0.2) is 11.6 Å². The van der Waals surface area contributed by atoms with Gasteiger partial charge in [0.25, 0.3) is 0 Å². The summed E-state index contributed by atoms with van der Waals surface area (Å²) in [6.07, 6.45) is 1.96. The molecule has 98 heavy (non-hydrogen) atoms. The fourth-order valence-electron chi connectivity index (χ4n) is 13.6. The van der Waals surface area contributed by atoms with Crippen molar-refractivity contribution in [2.75, 3.05) is 88.7 Å². The lowest BCUT2D eigenvalue weighted by Crippen LogP contribution is -2.63. The number of aliphatic hydroxyl groups is 1. The van der Waals surface area contributed by atoms with E-state index in [4.69, 9.17) is 4.74 Å². The number of amides is 9. The number of ether oxygens (including phenoxy) is 1. The van der Waals surface area contributed by atoms with Gasteiger partial charge in [-0.15, -0.1) is 0 Å². The van der Waals surface area contributed by atoms with Crippen molar-refractivity contribution in [3.63, 3.8) is 0 Å². The molecule has 0 aromatic carbocycles. The lowest BCUT2D eigenvalue weighted by atomic mass is 9.83. The molecule has 0 unspecified atom stereocenters. The maximum atomic E-state index is 15.3. The highest BCUT2D eigenvalue weighted by Crippen LogP contribution is 2.30. The van der Waals surface area contributed by atoms with E-state index in [1.54, 1.807) is 80.2 Å². The smallest absolute Gasteiger partial charge is 0.248 e. The Kier molecular flexibility index (Phi) is 36.2. The van der Waals surface area contributed by atoms with E-state index in [9.17, 15) is 29.1 Å². The molecule has 2 N–H and O–H groups in total. The number of nitrogens with one attached hydrogen (secondary N) is 1. The summed E-state index contributed by atoms with van der Waals surface area (Å²) in [4.78, 5) is 191. The zero-order valence-electron chi connectivity index (χ0n) is 64.9. The van der Waals surface area contributed by atoms with Gasteiger partial charge >= 0.3 is 0 Å². The summed E-state index contributed by atoms with van der Waals surface area (Å²) in [6.45, 7) is 36.0. The average molecular weight is 1380 g/mol. The van der Waals surface area contributed by atoms with Gasteiger partial charge in [0.05, 0.1) is 24.8 Å². The summed E-state index contributed by atoms with van der Waals surface area (Å²) in [6, 6.07) is -9.79. The lowest BCUT2D eigenvalue weighted by Gasteiger charge is -2.41. The Hall–Kier alpha value is -6.14. The number of nitrogens with zero attached hydrogens (tertiary/aromatic N) is 9. The van der Waals surface area contributed by atoms with Gasteiger partial charge in [0, 0.05) is 124 Å². The van der Waals surface area contributed by atoms with Crippen molar-refractivity contribution >= 4 is 70.5 Å². The van der Waals surface area contributed by atoms with Crippen LogP contribution in [-0.4, -0.2) is 269 Å². The van der Waals surface area contributed by atoms with Gasteiger partial charge in [0.1, 0.15) is 48.6 Å². The zero-order chi connectivity index (χ0) is 75.4. The summed E-state index contributed by atoms with van der Waals surface area (Å²) in [5, 5.41) is 15.1. The molecule has 0 radical (unpaired) electrons. The Morgan fingerprint density at radius 3 is 1.47 bits per heavy atom. The number of aliphatic hydroxyl groups excluding tert-OH is 1. The van der Waals surface area contributed by atoms with E-state index in [0.717, 1.165) is 9.80 Å². The predicted octanol–water partition coefficient (Wildman–Crippen LogP) is 6.09. The molecule has 14 atom stereocenters. The Bertz CT molecular complexity index is 2730. The van der Waals surface area contributed by atoms with E-state index in [-0.39, 0.29) is 81.2 Å². The first-order valence-corrected chi connectivity index (χ1v) is 36.1. The quantitative estimate of drug-likeness (QED) is 0.139. The van der Waals surface area contributed by atoms with Crippen LogP contribution in [0.15, 0.2) is 12.2 Å². The second-order valence-electron chi connectivity index (χ2n) is 30.7. The maximum Gasteiger partial charge on any atom is 0.248 e. The van der Waals surface area contributed by atoms with E-state index >= 15 is 33.6 Å². The first-order valence-electron chi connectivity index (χ1n) is 36.1. The number of hydrogen-bond donors (Lipinski definition) is 2. The third kappa shape index (κ3) is 24.0. The van der Waals surface area contributed by atoms with Crippen LogP contribution in [0.25, 0.3) is 0 Å². The van der Waals surface area contributed by atoms with Crippen LogP contribution in [-0.2, 0) is 62.3 Å². The number of allylic oxidation sites excluding steroid dienone is 2. The van der Waals surface area contributed by atoms with Crippen molar-refractivity contribution in [3.05, 3.63) is 12.2 Å². The summed E-state index contributed by atoms with van der Waals surface area (Å²) in [7, 11) is 10.1. The van der Waals surface area contributed by atoms with Crippen molar-refractivity contribution in [1.82, 2.24) is 49.4 Å². The highest BCUT2D eigenvalue weighted by molar-refractivity contribution is 6.00. The molecule has 0 aromatic heterocycles. The van der Waals surface area contributed by atoms with E-state index in [1.807, 2.05) is 47.6 Å². The minimum atomic E-state index is -1.64. The van der Waals surface area contributed by atoms with Gasteiger partial charge in [0.2, 0.25) is 53.2 Å². The minimum Gasteiger partial charge on any atom is -0.390 e. The highest BCUT2D eigenvalue weighted by atomic mass is 16.5. The second kappa shape index (κ2) is 40.3. The monoisotopic (exact) mass is 1380 g/mol. The van der Waals surface area contributed by atoms with Gasteiger partial charge in [-0.2, -0.15) is 0 Å². The van der Waals surface area contributed by atoms with Gasteiger partial charge in [-0.05, 0) is 95.3 Å². The van der Waals surface area contributed by atoms with Crippen LogP contribution in [0.4, 0.5) is 0 Å². The number of Topliss-reactive ketones (excluding diaryl/α,β-unsaturated/α-hetero) is 3. The number of rotatable bonds is 19. The van der Waals surface area contributed by atoms with Crippen LogP contribution in [0.3, 0.4) is 0 Å². The second-order valence-corrected chi connectivity index (χ2v) is 30.7. The molecule has 2 rings (SSSR count). The molecule has 0 aliphatic carbocycles. The first-order chi connectivity index (χ1) is 45.4. The van der Waals surface area contributed by atoms with Crippen LogP contribution < -0.4 is 5.32 Å². The van der Waals surface area contributed by atoms with E-state index in [1.165, 1.54) is 80.8 Å². The number of likely N-dealkylation sites (N-methyl/N-ethyl adjacent to an activating group) is 7. The number of carbonyl (C=O) groups is 12. The van der Waals surface area contributed by atoms with Crippen LogP contribution in [0.5, 0.6) is 0 Å². The van der Waals surface area contributed by atoms with Crippen molar-refractivity contribution in [2.45, 2.75) is 243 Å². The molecular weight excluding hydrogens is 1250 g/mol. The molecule has 2 saturated heterocycles. The van der Waals surface area contributed by atoms with E-state index in [2.05, 4.69) is 24.1 Å². The Morgan fingerprint density at radius 2 is 0.990 bits per heavy atom. The number of ketones is 3. The first kappa shape index (κ1) is 87.9. The number of piperazine rings is 1. The van der Waals surface area contributed by atoms with E-state index in [0.29, 0.717) is 38.6 Å². The summed E-state index contributed by atoms with van der Waals surface area (Å²) < 4.78 is 6.07. The fraction of sp³-hybridized carbons (Fsp3) is 0.811. The number of hydrogen-bond acceptors (Lipinski definition) is 15. The third-order valence-corrected chi connectivity index (χ3v) is 20.3. The summed E-state index contributed by atoms with van der Waals surface area (Å²) in [5.41, 5.74) is 0. The van der Waals surface area contributed by atoms with E-state index < -0.39 is 161 Å². The standard InChI is InChI=1S/C74H130N10O14/c1-27-29-30-49(15)66(89)65-67(90)75-55(28-2)71(94)76(20)53(19)69(92)81(25)64(52(18)41-98-42-62(88)84-33-31-83(32-34-84)48(13)14)61(87)40-54(46(9)10)70(93)77(21)56(35-43(3)4)60(86)38-50(16)59(85)39-51(17)68(91)78(22)57(36-44(5)6)72(95)79(23)58(37-45(7)8)73(96)80(24)63(47(11)12)74(97)82(65)26/h27,29,43-58,63-66,89H,28,30-42H2,1-26H3,(H,75,90)/b29-27+/t49-,50-,51+,52-,53-,54+,55+,56+,57+,58+,63+,64+,65+,66-/m1/s1. The summed E-state index contributed by atoms with van der Waals surface area (Å²) >= 11 is 0. The van der Waals surface area contributed by atoms with Crippen molar-refractivity contribution in [1.29, 1.82) is 0 Å². The van der Waals surface area contributed by atoms with Crippen LogP contribution in [0.1, 0.15) is 183 Å². The fourth-order valence-corrected chi connectivity index (χ4v) is 13.6. The molecule has 0 aromatic rings. The van der Waals surface area contributed by atoms with Crippen molar-refractivity contribution < 1.29 is 67.4 Å². The molecule has 2 fully saturated rings. The zero-order valence-corrected chi connectivity index (χ0v) is 64.9. The maximum absolute atomic E-state index is 15.3. The Balaban J connectivity index is 3.02. The van der Waals surface area contributed by atoms with Crippen LogP contribution in [0.2, 0.25) is 0 Å². The van der Waals surface area contributed by atoms with Gasteiger partial charge in [-0.3, -0.25) is 62.4 Å². The van der Waals surface area contributed by atoms with Crippen LogP contribution >= 0.6 is 0 Å². The third-order valence-electron chi connectivity index (χ3n) is 20.3.